The fourth-order valence-electron chi connectivity index (χ4n) is 2.14. The Morgan fingerprint density at radius 2 is 1.78 bits per heavy atom. The van der Waals surface area contributed by atoms with Crippen molar-refractivity contribution in [3.8, 4) is 6.07 Å². The Kier molecular flexibility index (Phi) is 5.48. The largest absolute Gasteiger partial charge is 0.351 e. The predicted octanol–water partition coefficient (Wildman–Crippen LogP) is 2.78. The molecule has 116 valence electrons. The number of carbonyl (C=O) groups is 2. The molecule has 0 spiro atoms. The number of aryl methyl sites for hydroxylation is 1. The topological polar surface area (TPSA) is 82.0 Å². The Balaban J connectivity index is 2.11. The Bertz CT molecular complexity index is 763. The van der Waals surface area contributed by atoms with Gasteiger partial charge in [0.2, 0.25) is 5.91 Å². The standard InChI is InChI=1S/C18H17N3O2/c1-13-6-2-4-8-15(13)18(23)21-16-9-5-3-7-14(16)12-20-17(22)10-11-19/h2-9H,10,12H2,1H3,(H,20,22)(H,21,23). The molecule has 0 radical (unpaired) electrons. The zero-order valence-electron chi connectivity index (χ0n) is 12.8. The van der Waals surface area contributed by atoms with Crippen LogP contribution in [0.4, 0.5) is 5.69 Å². The summed E-state index contributed by atoms with van der Waals surface area (Å²) < 4.78 is 0. The molecule has 0 fully saturated rings. The van der Waals surface area contributed by atoms with Crippen molar-refractivity contribution >= 4 is 17.5 Å². The van der Waals surface area contributed by atoms with Gasteiger partial charge in [-0.25, -0.2) is 0 Å². The van der Waals surface area contributed by atoms with Crippen molar-refractivity contribution in [1.82, 2.24) is 5.32 Å². The molecule has 0 aliphatic rings. The smallest absolute Gasteiger partial charge is 0.255 e. The Morgan fingerprint density at radius 1 is 1.09 bits per heavy atom. The monoisotopic (exact) mass is 307 g/mol. The van der Waals surface area contributed by atoms with Crippen LogP contribution in [-0.4, -0.2) is 11.8 Å². The second kappa shape index (κ2) is 7.76. The number of rotatable bonds is 5. The number of nitrogens with zero attached hydrogens (tertiary/aromatic N) is 1. The summed E-state index contributed by atoms with van der Waals surface area (Å²) in [6, 6.07) is 16.4. The van der Waals surface area contributed by atoms with E-state index in [1.165, 1.54) is 0 Å². The third-order valence-electron chi connectivity index (χ3n) is 3.37. The molecule has 0 saturated carbocycles. The highest BCUT2D eigenvalue weighted by Gasteiger charge is 2.11. The van der Waals surface area contributed by atoms with E-state index in [0.29, 0.717) is 11.3 Å². The number of hydrogen-bond acceptors (Lipinski definition) is 3. The first-order valence-electron chi connectivity index (χ1n) is 7.20. The van der Waals surface area contributed by atoms with Gasteiger partial charge in [0.05, 0.1) is 6.07 Å². The van der Waals surface area contributed by atoms with Crippen LogP contribution in [0.5, 0.6) is 0 Å². The number of nitriles is 1. The minimum absolute atomic E-state index is 0.183. The molecule has 2 amide bonds. The van der Waals surface area contributed by atoms with Crippen molar-refractivity contribution < 1.29 is 9.59 Å². The molecule has 0 heterocycles. The van der Waals surface area contributed by atoms with Gasteiger partial charge in [0, 0.05) is 17.8 Å². The van der Waals surface area contributed by atoms with Crippen LogP contribution in [0.15, 0.2) is 48.5 Å². The van der Waals surface area contributed by atoms with Crippen LogP contribution in [0.25, 0.3) is 0 Å². The fraction of sp³-hybridized carbons (Fsp3) is 0.167. The molecular formula is C18H17N3O2. The van der Waals surface area contributed by atoms with Crippen molar-refractivity contribution in [3.63, 3.8) is 0 Å². The minimum atomic E-state index is -0.340. The summed E-state index contributed by atoms with van der Waals surface area (Å²) in [4.78, 5) is 23.8. The van der Waals surface area contributed by atoms with Crippen molar-refractivity contribution in [2.24, 2.45) is 0 Å². The molecular weight excluding hydrogens is 290 g/mol. The lowest BCUT2D eigenvalue weighted by atomic mass is 10.1. The van der Waals surface area contributed by atoms with Crippen molar-refractivity contribution in [1.29, 1.82) is 5.26 Å². The van der Waals surface area contributed by atoms with Crippen molar-refractivity contribution in [2.75, 3.05) is 5.32 Å². The minimum Gasteiger partial charge on any atom is -0.351 e. The number of carbonyl (C=O) groups excluding carboxylic acids is 2. The first-order chi connectivity index (χ1) is 11.1. The molecule has 0 aromatic heterocycles. The molecule has 0 atom stereocenters. The summed E-state index contributed by atoms with van der Waals surface area (Å²) in [5, 5.41) is 14.0. The average Bonchev–Trinajstić information content (AvgIpc) is 2.54. The highest BCUT2D eigenvalue weighted by molar-refractivity contribution is 6.05. The number of benzene rings is 2. The lowest BCUT2D eigenvalue weighted by molar-refractivity contribution is -0.120. The molecule has 2 N–H and O–H groups in total. The molecule has 23 heavy (non-hydrogen) atoms. The number of para-hydroxylation sites is 1. The maximum absolute atomic E-state index is 12.4. The summed E-state index contributed by atoms with van der Waals surface area (Å²) >= 11 is 0. The average molecular weight is 307 g/mol. The zero-order chi connectivity index (χ0) is 16.7. The van der Waals surface area contributed by atoms with Crippen LogP contribution in [0, 0.1) is 18.3 Å². The third-order valence-corrected chi connectivity index (χ3v) is 3.37. The van der Waals surface area contributed by atoms with Crippen LogP contribution < -0.4 is 10.6 Å². The van der Waals surface area contributed by atoms with Gasteiger partial charge >= 0.3 is 0 Å². The maximum atomic E-state index is 12.4. The van der Waals surface area contributed by atoms with Crippen LogP contribution in [0.2, 0.25) is 0 Å². The molecule has 0 aliphatic heterocycles. The summed E-state index contributed by atoms with van der Waals surface area (Å²) in [5.41, 5.74) is 2.92. The number of nitrogens with one attached hydrogen (secondary N) is 2. The van der Waals surface area contributed by atoms with Crippen molar-refractivity contribution in [3.05, 3.63) is 65.2 Å². The second-order valence-electron chi connectivity index (χ2n) is 5.04. The molecule has 0 saturated heterocycles. The van der Waals surface area contributed by atoms with E-state index in [9.17, 15) is 9.59 Å². The molecule has 0 aliphatic carbocycles. The number of amides is 2. The highest BCUT2D eigenvalue weighted by Crippen LogP contribution is 2.17. The zero-order valence-corrected chi connectivity index (χ0v) is 12.8. The van der Waals surface area contributed by atoms with Gasteiger partial charge in [0.15, 0.2) is 0 Å². The van der Waals surface area contributed by atoms with Crippen molar-refractivity contribution in [2.45, 2.75) is 19.9 Å². The highest BCUT2D eigenvalue weighted by atomic mass is 16.2. The van der Waals surface area contributed by atoms with E-state index in [1.54, 1.807) is 18.2 Å². The van der Waals surface area contributed by atoms with Gasteiger partial charge in [-0.2, -0.15) is 5.26 Å². The first-order valence-corrected chi connectivity index (χ1v) is 7.20. The van der Waals surface area contributed by atoms with Gasteiger partial charge in [-0.1, -0.05) is 36.4 Å². The van der Waals surface area contributed by atoms with Crippen LogP contribution in [0.1, 0.15) is 27.9 Å². The van der Waals surface area contributed by atoms with E-state index < -0.39 is 0 Å². The van der Waals surface area contributed by atoms with Crippen LogP contribution >= 0.6 is 0 Å². The molecule has 5 nitrogen and oxygen atoms in total. The summed E-state index contributed by atoms with van der Waals surface area (Å²) in [6.07, 6.45) is -0.183. The van der Waals surface area contributed by atoms with E-state index in [-0.39, 0.29) is 24.8 Å². The molecule has 0 unspecified atom stereocenters. The van der Waals surface area contributed by atoms with Crippen LogP contribution in [-0.2, 0) is 11.3 Å². The van der Waals surface area contributed by atoms with E-state index in [2.05, 4.69) is 10.6 Å². The lowest BCUT2D eigenvalue weighted by Crippen LogP contribution is -2.23. The summed E-state index contributed by atoms with van der Waals surface area (Å²) in [5.74, 6) is -0.536. The van der Waals surface area contributed by atoms with Gasteiger partial charge in [0.25, 0.3) is 5.91 Å². The summed E-state index contributed by atoms with van der Waals surface area (Å²) in [6.45, 7) is 2.13. The quantitative estimate of drug-likeness (QED) is 0.891. The molecule has 2 rings (SSSR count). The normalized spacial score (nSPS) is 9.74. The van der Waals surface area contributed by atoms with E-state index in [1.807, 2.05) is 43.3 Å². The first kappa shape index (κ1) is 16.2. The fourth-order valence-corrected chi connectivity index (χ4v) is 2.14. The van der Waals surface area contributed by atoms with Gasteiger partial charge in [-0.15, -0.1) is 0 Å². The molecule has 5 heteroatoms. The summed E-state index contributed by atoms with van der Waals surface area (Å²) in [7, 11) is 0. The molecule has 2 aromatic carbocycles. The SMILES string of the molecule is Cc1ccccc1C(=O)Nc1ccccc1CNC(=O)CC#N. The van der Waals surface area contributed by atoms with E-state index in [0.717, 1.165) is 11.1 Å². The Labute approximate surface area is 134 Å². The number of anilines is 1. The maximum Gasteiger partial charge on any atom is 0.255 e. The molecule has 0 bridgehead atoms. The lowest BCUT2D eigenvalue weighted by Gasteiger charge is -2.12. The van der Waals surface area contributed by atoms with Gasteiger partial charge < -0.3 is 10.6 Å². The second-order valence-corrected chi connectivity index (χ2v) is 5.04. The Morgan fingerprint density at radius 3 is 2.52 bits per heavy atom. The van der Waals surface area contributed by atoms with E-state index >= 15 is 0 Å². The predicted molar refractivity (Wildman–Crippen MR) is 87.7 cm³/mol. The Hall–Kier alpha value is -3.13. The van der Waals surface area contributed by atoms with Gasteiger partial charge in [0.1, 0.15) is 6.42 Å². The third kappa shape index (κ3) is 4.42. The number of hydrogen-bond donors (Lipinski definition) is 2. The van der Waals surface area contributed by atoms with E-state index in [4.69, 9.17) is 5.26 Å². The van der Waals surface area contributed by atoms with Gasteiger partial charge in [-0.05, 0) is 30.2 Å². The van der Waals surface area contributed by atoms with Gasteiger partial charge in [-0.3, -0.25) is 9.59 Å². The van der Waals surface area contributed by atoms with Crippen LogP contribution in [0.3, 0.4) is 0 Å². The molecule has 2 aromatic rings.